The normalized spacial score (nSPS) is 20.9. The van der Waals surface area contributed by atoms with Gasteiger partial charge in [0.25, 0.3) is 10.0 Å². The summed E-state index contributed by atoms with van der Waals surface area (Å²) >= 11 is 5.96. The first-order valence-electron chi connectivity index (χ1n) is 5.35. The molecule has 17 heavy (non-hydrogen) atoms. The minimum atomic E-state index is -3.43. The van der Waals surface area contributed by atoms with Crippen molar-refractivity contribution in [2.75, 3.05) is 6.54 Å². The zero-order valence-electron chi connectivity index (χ0n) is 9.35. The number of sulfonamides is 1. The third-order valence-electron chi connectivity index (χ3n) is 2.55. The number of amidine groups is 1. The Hall–Kier alpha value is -1.07. The van der Waals surface area contributed by atoms with Crippen LogP contribution in [0.1, 0.15) is 18.9 Å². The first-order valence-corrected chi connectivity index (χ1v) is 7.27. The second-order valence-electron chi connectivity index (χ2n) is 3.80. The highest BCUT2D eigenvalue weighted by Crippen LogP contribution is 2.22. The monoisotopic (exact) mass is 272 g/mol. The molecule has 1 aromatic carbocycles. The van der Waals surface area contributed by atoms with Gasteiger partial charge < -0.3 is 0 Å². The number of aliphatic imine (C=N–C) groups is 1. The molecule has 1 aliphatic heterocycles. The smallest absolute Gasteiger partial charge is 0.263 e. The fourth-order valence-electron chi connectivity index (χ4n) is 1.57. The maximum absolute atomic E-state index is 11.8. The van der Waals surface area contributed by atoms with Crippen molar-refractivity contribution in [1.82, 2.24) is 4.72 Å². The van der Waals surface area contributed by atoms with Crippen LogP contribution >= 0.6 is 11.6 Å². The summed E-state index contributed by atoms with van der Waals surface area (Å²) in [6.45, 7) is 2.37. The molecule has 0 bridgehead atoms. The lowest BCUT2D eigenvalue weighted by Gasteiger charge is -2.03. The van der Waals surface area contributed by atoms with Crippen molar-refractivity contribution in [1.29, 1.82) is 0 Å². The van der Waals surface area contributed by atoms with Crippen molar-refractivity contribution in [3.63, 3.8) is 0 Å². The van der Waals surface area contributed by atoms with Gasteiger partial charge in [0.1, 0.15) is 5.84 Å². The number of alkyl halides is 1. The highest BCUT2D eigenvalue weighted by molar-refractivity contribution is 7.90. The topological polar surface area (TPSA) is 58.5 Å². The summed E-state index contributed by atoms with van der Waals surface area (Å²) in [4.78, 5) is 4.50. The Morgan fingerprint density at radius 1 is 1.41 bits per heavy atom. The van der Waals surface area contributed by atoms with Crippen LogP contribution in [0.15, 0.2) is 34.2 Å². The van der Waals surface area contributed by atoms with E-state index in [0.717, 1.165) is 6.42 Å². The SMILES string of the molecule is CCC(Cl)CN=C1NS(=O)(=O)c2ccccc21. The molecule has 0 aromatic heterocycles. The summed E-state index contributed by atoms with van der Waals surface area (Å²) in [5.41, 5.74) is 0.618. The van der Waals surface area contributed by atoms with Crippen LogP contribution in [0, 0.1) is 0 Å². The van der Waals surface area contributed by atoms with Crippen LogP contribution in [0.5, 0.6) is 0 Å². The van der Waals surface area contributed by atoms with Crippen LogP contribution in [0.25, 0.3) is 0 Å². The largest absolute Gasteiger partial charge is 0.266 e. The number of fused-ring (bicyclic) bond motifs is 1. The van der Waals surface area contributed by atoms with Gasteiger partial charge in [-0.3, -0.25) is 9.71 Å². The zero-order chi connectivity index (χ0) is 12.5. The van der Waals surface area contributed by atoms with Crippen LogP contribution in [0.3, 0.4) is 0 Å². The summed E-state index contributed by atoms with van der Waals surface area (Å²) in [7, 11) is -3.43. The molecule has 4 nitrogen and oxygen atoms in total. The van der Waals surface area contributed by atoms with E-state index in [0.29, 0.717) is 17.9 Å². The number of halogens is 1. The first kappa shape index (κ1) is 12.4. The summed E-state index contributed by atoms with van der Waals surface area (Å²) in [5, 5.41) is -0.0697. The highest BCUT2D eigenvalue weighted by atomic mass is 35.5. The minimum absolute atomic E-state index is 0.0697. The predicted octanol–water partition coefficient (Wildman–Crippen LogP) is 1.74. The molecule has 1 unspecified atom stereocenters. The highest BCUT2D eigenvalue weighted by Gasteiger charge is 2.29. The summed E-state index contributed by atoms with van der Waals surface area (Å²) < 4.78 is 25.9. The Kier molecular flexibility index (Phi) is 3.40. The van der Waals surface area contributed by atoms with Crippen molar-refractivity contribution in [3.8, 4) is 0 Å². The molecule has 6 heteroatoms. The minimum Gasteiger partial charge on any atom is -0.266 e. The molecule has 1 heterocycles. The number of benzene rings is 1. The number of rotatable bonds is 3. The fourth-order valence-corrected chi connectivity index (χ4v) is 2.89. The lowest BCUT2D eigenvalue weighted by molar-refractivity contribution is 0.595. The molecule has 92 valence electrons. The van der Waals surface area contributed by atoms with E-state index >= 15 is 0 Å². The summed E-state index contributed by atoms with van der Waals surface area (Å²) in [5.74, 6) is 0.389. The van der Waals surface area contributed by atoms with Gasteiger partial charge in [-0.15, -0.1) is 11.6 Å². The van der Waals surface area contributed by atoms with E-state index in [1.807, 2.05) is 6.92 Å². The number of nitrogens with one attached hydrogen (secondary N) is 1. The molecule has 1 N–H and O–H groups in total. The van der Waals surface area contributed by atoms with Gasteiger partial charge in [-0.2, -0.15) is 0 Å². The summed E-state index contributed by atoms with van der Waals surface area (Å²) in [6.07, 6.45) is 0.798. The lowest BCUT2D eigenvalue weighted by atomic mass is 10.2. The molecule has 0 spiro atoms. The van der Waals surface area contributed by atoms with Crippen molar-refractivity contribution in [2.24, 2.45) is 4.99 Å². The van der Waals surface area contributed by atoms with E-state index in [9.17, 15) is 8.42 Å². The summed E-state index contributed by atoms with van der Waals surface area (Å²) in [6, 6.07) is 6.78. The van der Waals surface area contributed by atoms with Crippen LogP contribution < -0.4 is 4.72 Å². The fraction of sp³-hybridized carbons (Fsp3) is 0.364. The third-order valence-corrected chi connectivity index (χ3v) is 4.40. The second-order valence-corrected chi connectivity index (χ2v) is 6.06. The lowest BCUT2D eigenvalue weighted by Crippen LogP contribution is -2.23. The van der Waals surface area contributed by atoms with Gasteiger partial charge in [0, 0.05) is 5.56 Å². The molecule has 0 aliphatic carbocycles. The molecule has 0 saturated carbocycles. The molecule has 1 aromatic rings. The van der Waals surface area contributed by atoms with Crippen molar-refractivity contribution >= 4 is 27.5 Å². The van der Waals surface area contributed by atoms with E-state index in [1.54, 1.807) is 24.3 Å². The van der Waals surface area contributed by atoms with Gasteiger partial charge in [-0.1, -0.05) is 19.1 Å². The van der Waals surface area contributed by atoms with Crippen molar-refractivity contribution in [2.45, 2.75) is 23.6 Å². The van der Waals surface area contributed by atoms with Crippen LogP contribution in [0.2, 0.25) is 0 Å². The number of nitrogens with zero attached hydrogens (tertiary/aromatic N) is 1. The maximum Gasteiger partial charge on any atom is 0.263 e. The van der Waals surface area contributed by atoms with Crippen molar-refractivity contribution in [3.05, 3.63) is 29.8 Å². The Balaban J connectivity index is 2.35. The molecule has 1 atom stereocenters. The maximum atomic E-state index is 11.8. The van der Waals surface area contributed by atoms with E-state index < -0.39 is 10.0 Å². The molecule has 0 fully saturated rings. The van der Waals surface area contributed by atoms with Crippen LogP contribution in [-0.2, 0) is 10.0 Å². The second kappa shape index (κ2) is 4.66. The van der Waals surface area contributed by atoms with Gasteiger partial charge >= 0.3 is 0 Å². The van der Waals surface area contributed by atoms with Crippen LogP contribution in [0.4, 0.5) is 0 Å². The van der Waals surface area contributed by atoms with Gasteiger partial charge in [0.2, 0.25) is 0 Å². The predicted molar refractivity (Wildman–Crippen MR) is 68.1 cm³/mol. The Labute approximate surface area is 106 Å². The molecule has 2 rings (SSSR count). The molecular weight excluding hydrogens is 260 g/mol. The molecule has 1 aliphatic rings. The average Bonchev–Trinajstić information content (AvgIpc) is 2.59. The zero-order valence-corrected chi connectivity index (χ0v) is 10.9. The van der Waals surface area contributed by atoms with Gasteiger partial charge in [-0.25, -0.2) is 8.42 Å². The van der Waals surface area contributed by atoms with Crippen molar-refractivity contribution < 1.29 is 8.42 Å². The third kappa shape index (κ3) is 2.45. The molecular formula is C11H13ClN2O2S. The molecule has 0 saturated heterocycles. The Morgan fingerprint density at radius 3 is 2.82 bits per heavy atom. The van der Waals surface area contributed by atoms with Gasteiger partial charge in [0.15, 0.2) is 0 Å². The Morgan fingerprint density at radius 2 is 2.12 bits per heavy atom. The van der Waals surface area contributed by atoms with E-state index in [-0.39, 0.29) is 10.3 Å². The average molecular weight is 273 g/mol. The van der Waals surface area contributed by atoms with E-state index in [2.05, 4.69) is 9.71 Å². The van der Waals surface area contributed by atoms with E-state index in [1.165, 1.54) is 0 Å². The number of hydrogen-bond acceptors (Lipinski definition) is 3. The van der Waals surface area contributed by atoms with E-state index in [4.69, 9.17) is 11.6 Å². The molecule has 0 amide bonds. The quantitative estimate of drug-likeness (QED) is 0.852. The molecule has 0 radical (unpaired) electrons. The number of hydrogen-bond donors (Lipinski definition) is 1. The van der Waals surface area contributed by atoms with Gasteiger partial charge in [0.05, 0.1) is 16.8 Å². The Bertz CT molecular complexity index is 554. The standard InChI is InChI=1S/C11H13ClN2O2S/c1-2-8(12)7-13-11-9-5-3-4-6-10(9)17(15,16)14-11/h3-6,8H,2,7H2,1H3,(H,13,14). The first-order chi connectivity index (χ1) is 8.04. The van der Waals surface area contributed by atoms with Crippen LogP contribution in [-0.4, -0.2) is 26.2 Å². The van der Waals surface area contributed by atoms with Gasteiger partial charge in [-0.05, 0) is 18.6 Å².